The van der Waals surface area contributed by atoms with Gasteiger partial charge in [0.25, 0.3) is 0 Å². The van der Waals surface area contributed by atoms with E-state index in [0.717, 1.165) is 52.1 Å². The Hall–Kier alpha value is -0.610. The first-order valence-electron chi connectivity index (χ1n) is 7.93. The molecule has 1 N–H and O–H groups in total. The van der Waals surface area contributed by atoms with Gasteiger partial charge in [-0.05, 0) is 51.7 Å². The largest absolute Gasteiger partial charge is 0.340 e. The molecule has 0 spiro atoms. The molecule has 0 aromatic rings. The molecule has 4 nitrogen and oxygen atoms in total. The molecule has 4 heteroatoms. The van der Waals surface area contributed by atoms with Crippen LogP contribution in [0.2, 0.25) is 0 Å². The van der Waals surface area contributed by atoms with E-state index >= 15 is 0 Å². The molecule has 0 aromatic heterocycles. The Morgan fingerprint density at radius 2 is 2.21 bits per heavy atom. The van der Waals surface area contributed by atoms with Gasteiger partial charge in [-0.1, -0.05) is 6.92 Å². The zero-order chi connectivity index (χ0) is 13.7. The predicted octanol–water partition coefficient (Wildman–Crippen LogP) is 1.32. The van der Waals surface area contributed by atoms with Gasteiger partial charge >= 0.3 is 0 Å². The number of nitrogens with zero attached hydrogens (tertiary/aromatic N) is 2. The monoisotopic (exact) mass is 267 g/mol. The van der Waals surface area contributed by atoms with Crippen molar-refractivity contribution in [3.05, 3.63) is 0 Å². The minimum Gasteiger partial charge on any atom is -0.340 e. The van der Waals surface area contributed by atoms with Crippen molar-refractivity contribution in [3.63, 3.8) is 0 Å². The van der Waals surface area contributed by atoms with Crippen molar-refractivity contribution in [2.45, 2.75) is 45.6 Å². The molecule has 110 valence electrons. The minimum atomic E-state index is 0.369. The van der Waals surface area contributed by atoms with E-state index in [1.54, 1.807) is 0 Å². The third-order valence-electron chi connectivity index (χ3n) is 4.69. The number of nitrogens with one attached hydrogen (secondary N) is 1. The lowest BCUT2D eigenvalue weighted by Crippen LogP contribution is -2.53. The molecule has 2 aliphatic rings. The van der Waals surface area contributed by atoms with Gasteiger partial charge in [0.1, 0.15) is 0 Å². The van der Waals surface area contributed by atoms with Gasteiger partial charge in [0.15, 0.2) is 0 Å². The molecule has 0 aromatic carbocycles. The number of hydrogen-bond acceptors (Lipinski definition) is 3. The molecule has 2 saturated heterocycles. The molecule has 2 fully saturated rings. The van der Waals surface area contributed by atoms with Crippen LogP contribution in [0.25, 0.3) is 0 Å². The third kappa shape index (κ3) is 4.18. The first kappa shape index (κ1) is 14.8. The van der Waals surface area contributed by atoms with Crippen molar-refractivity contribution < 1.29 is 4.79 Å². The summed E-state index contributed by atoms with van der Waals surface area (Å²) in [5.74, 6) is 1.08. The molecular weight excluding hydrogens is 238 g/mol. The van der Waals surface area contributed by atoms with Crippen LogP contribution in [0.5, 0.6) is 0 Å². The summed E-state index contributed by atoms with van der Waals surface area (Å²) in [5.41, 5.74) is 0. The number of carbonyl (C=O) groups is 1. The average Bonchev–Trinajstić information content (AvgIpc) is 2.45. The Morgan fingerprint density at radius 3 is 2.84 bits per heavy atom. The maximum atomic E-state index is 12.3. The summed E-state index contributed by atoms with van der Waals surface area (Å²) in [5, 5.41) is 3.43. The van der Waals surface area contributed by atoms with Crippen molar-refractivity contribution in [3.8, 4) is 0 Å². The van der Waals surface area contributed by atoms with Gasteiger partial charge in [0, 0.05) is 32.1 Å². The summed E-state index contributed by atoms with van der Waals surface area (Å²) >= 11 is 0. The summed E-state index contributed by atoms with van der Waals surface area (Å²) in [4.78, 5) is 16.8. The highest BCUT2D eigenvalue weighted by Crippen LogP contribution is 2.17. The van der Waals surface area contributed by atoms with Crippen LogP contribution >= 0.6 is 0 Å². The first-order valence-corrected chi connectivity index (χ1v) is 7.93. The number of rotatable bonds is 4. The van der Waals surface area contributed by atoms with E-state index in [9.17, 15) is 4.79 Å². The van der Waals surface area contributed by atoms with E-state index in [1.165, 1.54) is 12.8 Å². The van der Waals surface area contributed by atoms with Crippen LogP contribution in [-0.4, -0.2) is 61.0 Å². The van der Waals surface area contributed by atoms with E-state index in [-0.39, 0.29) is 0 Å². The maximum absolute atomic E-state index is 12.3. The smallest absolute Gasteiger partial charge is 0.222 e. The molecule has 0 radical (unpaired) electrons. The second kappa shape index (κ2) is 7.25. The van der Waals surface area contributed by atoms with Crippen LogP contribution in [0.3, 0.4) is 0 Å². The van der Waals surface area contributed by atoms with E-state index in [0.29, 0.717) is 17.9 Å². The molecule has 2 rings (SSSR count). The molecule has 2 aliphatic heterocycles. The normalized spacial score (nSPS) is 29.5. The van der Waals surface area contributed by atoms with Gasteiger partial charge in [0.05, 0.1) is 0 Å². The van der Waals surface area contributed by atoms with Crippen LogP contribution in [0, 0.1) is 5.92 Å². The molecular formula is C15H29N3O. The van der Waals surface area contributed by atoms with E-state index < -0.39 is 0 Å². The Labute approximate surface area is 117 Å². The lowest BCUT2D eigenvalue weighted by molar-refractivity contribution is -0.134. The lowest BCUT2D eigenvalue weighted by atomic mass is 9.94. The van der Waals surface area contributed by atoms with Gasteiger partial charge in [-0.25, -0.2) is 0 Å². The van der Waals surface area contributed by atoms with Crippen molar-refractivity contribution in [1.82, 2.24) is 15.1 Å². The van der Waals surface area contributed by atoms with E-state index in [2.05, 4.69) is 29.0 Å². The fourth-order valence-electron chi connectivity index (χ4n) is 3.35. The Balaban J connectivity index is 1.71. The van der Waals surface area contributed by atoms with Gasteiger partial charge in [-0.3, -0.25) is 9.69 Å². The zero-order valence-electron chi connectivity index (χ0n) is 12.5. The van der Waals surface area contributed by atoms with Crippen molar-refractivity contribution in [2.75, 3.05) is 39.3 Å². The second-order valence-electron chi connectivity index (χ2n) is 6.07. The Bertz CT molecular complexity index is 289. The van der Waals surface area contributed by atoms with Gasteiger partial charge in [-0.15, -0.1) is 0 Å². The molecule has 2 atom stereocenters. The van der Waals surface area contributed by atoms with Crippen LogP contribution in [0.1, 0.15) is 39.5 Å². The number of hydrogen-bond donors (Lipinski definition) is 1. The molecule has 1 amide bonds. The highest BCUT2D eigenvalue weighted by atomic mass is 16.2. The molecule has 0 saturated carbocycles. The van der Waals surface area contributed by atoms with Crippen molar-refractivity contribution >= 4 is 5.91 Å². The minimum absolute atomic E-state index is 0.369. The number of carbonyl (C=O) groups excluding carboxylic acids is 1. The topological polar surface area (TPSA) is 35.6 Å². The van der Waals surface area contributed by atoms with Crippen LogP contribution < -0.4 is 5.32 Å². The first-order chi connectivity index (χ1) is 9.20. The molecule has 0 bridgehead atoms. The molecule has 0 aliphatic carbocycles. The summed E-state index contributed by atoms with van der Waals surface area (Å²) in [6.07, 6.45) is 4.37. The average molecular weight is 267 g/mol. The fraction of sp³-hybridized carbons (Fsp3) is 0.933. The van der Waals surface area contributed by atoms with Crippen molar-refractivity contribution in [1.29, 1.82) is 0 Å². The number of amides is 1. The predicted molar refractivity (Wildman–Crippen MR) is 78.1 cm³/mol. The second-order valence-corrected chi connectivity index (χ2v) is 6.07. The van der Waals surface area contributed by atoms with E-state index in [1.807, 2.05) is 0 Å². The summed E-state index contributed by atoms with van der Waals surface area (Å²) in [6, 6.07) is 0.513. The maximum Gasteiger partial charge on any atom is 0.222 e. The summed E-state index contributed by atoms with van der Waals surface area (Å²) < 4.78 is 0. The molecule has 2 heterocycles. The number of piperidine rings is 1. The fourth-order valence-corrected chi connectivity index (χ4v) is 3.35. The molecule has 2 unspecified atom stereocenters. The number of likely N-dealkylation sites (N-methyl/N-ethyl adjacent to an activating group) is 1. The van der Waals surface area contributed by atoms with Crippen LogP contribution in [0.15, 0.2) is 0 Å². The van der Waals surface area contributed by atoms with Crippen LogP contribution in [0.4, 0.5) is 0 Å². The van der Waals surface area contributed by atoms with Gasteiger partial charge < -0.3 is 10.2 Å². The zero-order valence-corrected chi connectivity index (χ0v) is 12.5. The number of piperazine rings is 1. The van der Waals surface area contributed by atoms with E-state index in [4.69, 9.17) is 0 Å². The Morgan fingerprint density at radius 1 is 1.37 bits per heavy atom. The van der Waals surface area contributed by atoms with Gasteiger partial charge in [-0.2, -0.15) is 0 Å². The SMILES string of the molecule is CCN1CCN(C(=O)CCC2CCCNC2)CC1C. The standard InChI is InChI=1S/C15H29N3O/c1-3-17-9-10-18(12-13(17)2)15(19)7-6-14-5-4-8-16-11-14/h13-14,16H,3-12H2,1-2H3. The quantitative estimate of drug-likeness (QED) is 0.834. The summed E-state index contributed by atoms with van der Waals surface area (Å²) in [7, 11) is 0. The molecule has 19 heavy (non-hydrogen) atoms. The summed E-state index contributed by atoms with van der Waals surface area (Å²) in [6.45, 7) is 10.6. The Kier molecular flexibility index (Phi) is 5.64. The van der Waals surface area contributed by atoms with Gasteiger partial charge in [0.2, 0.25) is 5.91 Å². The third-order valence-corrected chi connectivity index (χ3v) is 4.69. The van der Waals surface area contributed by atoms with Crippen molar-refractivity contribution in [2.24, 2.45) is 5.92 Å². The lowest BCUT2D eigenvalue weighted by Gasteiger charge is -2.39. The van der Waals surface area contributed by atoms with Crippen LogP contribution in [-0.2, 0) is 4.79 Å². The highest BCUT2D eigenvalue weighted by molar-refractivity contribution is 5.76. The highest BCUT2D eigenvalue weighted by Gasteiger charge is 2.25.